The zero-order chi connectivity index (χ0) is 23.3. The normalized spacial score (nSPS) is 22.6. The van der Waals surface area contributed by atoms with Crippen LogP contribution in [0.25, 0.3) is 0 Å². The maximum Gasteiger partial charge on any atom is 0.326 e. The highest BCUT2D eigenvalue weighted by Crippen LogP contribution is 2.36. The van der Waals surface area contributed by atoms with E-state index in [1.807, 2.05) is 0 Å². The molecule has 32 heavy (non-hydrogen) atoms. The van der Waals surface area contributed by atoms with Crippen LogP contribution in [-0.2, 0) is 19.1 Å². The summed E-state index contributed by atoms with van der Waals surface area (Å²) < 4.78 is 10.5. The molecule has 3 rings (SSSR count). The second-order valence-corrected chi connectivity index (χ2v) is 8.80. The highest BCUT2D eigenvalue weighted by Gasteiger charge is 2.52. The van der Waals surface area contributed by atoms with Gasteiger partial charge in [-0.3, -0.25) is 19.3 Å². The summed E-state index contributed by atoms with van der Waals surface area (Å²) in [5.41, 5.74) is -0.913. The second kappa shape index (κ2) is 10.2. The largest absolute Gasteiger partial charge is 0.492 e. The standard InChI is InChI=1S/C22H28ClN3O6/c1-15-7-9-22(10-8-15)20(29)26(21(30)24-22)13-19(28)32-14-18(27)25(2)11-12-31-17-5-3-16(23)4-6-17/h3-6,15H,7-14H2,1-2H3,(H,24,30). The van der Waals surface area contributed by atoms with Gasteiger partial charge in [0, 0.05) is 12.1 Å². The van der Waals surface area contributed by atoms with E-state index in [1.165, 1.54) is 4.90 Å². The Morgan fingerprint density at radius 1 is 1.22 bits per heavy atom. The lowest BCUT2D eigenvalue weighted by molar-refractivity contribution is -0.153. The van der Waals surface area contributed by atoms with Crippen LogP contribution in [0.3, 0.4) is 0 Å². The quantitative estimate of drug-likeness (QED) is 0.466. The summed E-state index contributed by atoms with van der Waals surface area (Å²) in [6, 6.07) is 6.25. The van der Waals surface area contributed by atoms with Gasteiger partial charge in [0.1, 0.15) is 24.4 Å². The monoisotopic (exact) mass is 465 g/mol. The number of carbonyl (C=O) groups excluding carboxylic acids is 4. The minimum Gasteiger partial charge on any atom is -0.492 e. The fraction of sp³-hybridized carbons (Fsp3) is 0.545. The van der Waals surface area contributed by atoms with E-state index in [-0.39, 0.29) is 13.2 Å². The number of urea groups is 1. The highest BCUT2D eigenvalue weighted by atomic mass is 35.5. The van der Waals surface area contributed by atoms with Crippen LogP contribution in [0.4, 0.5) is 4.79 Å². The maximum absolute atomic E-state index is 12.8. The molecule has 1 saturated carbocycles. The zero-order valence-electron chi connectivity index (χ0n) is 18.3. The number of hydrogen-bond donors (Lipinski definition) is 1. The van der Waals surface area contributed by atoms with E-state index in [1.54, 1.807) is 31.3 Å². The Morgan fingerprint density at radius 3 is 2.53 bits per heavy atom. The minimum absolute atomic E-state index is 0.251. The van der Waals surface area contributed by atoms with E-state index in [9.17, 15) is 19.2 Å². The number of benzene rings is 1. The molecule has 1 N–H and O–H groups in total. The number of ether oxygens (including phenoxy) is 2. The first-order chi connectivity index (χ1) is 15.2. The predicted octanol–water partition coefficient (Wildman–Crippen LogP) is 2.22. The zero-order valence-corrected chi connectivity index (χ0v) is 19.0. The topological polar surface area (TPSA) is 105 Å². The van der Waals surface area contributed by atoms with Crippen LogP contribution in [0.1, 0.15) is 32.6 Å². The number of imide groups is 1. The summed E-state index contributed by atoms with van der Waals surface area (Å²) in [5.74, 6) is -0.500. The molecule has 0 bridgehead atoms. The fourth-order valence-electron chi connectivity index (χ4n) is 3.80. The first-order valence-corrected chi connectivity index (χ1v) is 11.0. The number of amides is 4. The van der Waals surface area contributed by atoms with Crippen molar-refractivity contribution in [3.63, 3.8) is 0 Å². The van der Waals surface area contributed by atoms with Gasteiger partial charge in [-0.25, -0.2) is 4.79 Å². The molecule has 1 saturated heterocycles. The van der Waals surface area contributed by atoms with Crippen LogP contribution in [0, 0.1) is 5.92 Å². The Morgan fingerprint density at radius 2 is 1.88 bits per heavy atom. The van der Waals surface area contributed by atoms with Crippen molar-refractivity contribution in [1.29, 1.82) is 0 Å². The number of rotatable bonds is 8. The molecule has 174 valence electrons. The number of likely N-dealkylation sites (N-methyl/N-ethyl adjacent to an activating group) is 1. The molecule has 1 aliphatic heterocycles. The Bertz CT molecular complexity index is 867. The van der Waals surface area contributed by atoms with Crippen molar-refractivity contribution >= 4 is 35.4 Å². The van der Waals surface area contributed by atoms with E-state index >= 15 is 0 Å². The molecule has 0 aromatic heterocycles. The van der Waals surface area contributed by atoms with Crippen molar-refractivity contribution in [2.75, 3.05) is 33.4 Å². The third kappa shape index (κ3) is 5.70. The van der Waals surface area contributed by atoms with Crippen LogP contribution in [0.15, 0.2) is 24.3 Å². The molecule has 9 nitrogen and oxygen atoms in total. The molecule has 0 radical (unpaired) electrons. The molecule has 0 atom stereocenters. The molecule has 1 spiro atoms. The predicted molar refractivity (Wildman–Crippen MR) is 116 cm³/mol. The summed E-state index contributed by atoms with van der Waals surface area (Å²) in [7, 11) is 1.56. The lowest BCUT2D eigenvalue weighted by Gasteiger charge is -2.33. The summed E-state index contributed by atoms with van der Waals surface area (Å²) >= 11 is 5.82. The number of hydrogen-bond acceptors (Lipinski definition) is 6. The van der Waals surface area contributed by atoms with Crippen molar-refractivity contribution < 1.29 is 28.7 Å². The minimum atomic E-state index is -0.913. The second-order valence-electron chi connectivity index (χ2n) is 8.36. The molecule has 1 aliphatic carbocycles. The van der Waals surface area contributed by atoms with Gasteiger partial charge < -0.3 is 19.7 Å². The van der Waals surface area contributed by atoms with E-state index in [0.717, 1.165) is 17.7 Å². The third-order valence-corrected chi connectivity index (χ3v) is 6.20. The van der Waals surface area contributed by atoms with Gasteiger partial charge in [0.15, 0.2) is 6.61 Å². The summed E-state index contributed by atoms with van der Waals surface area (Å²) in [6.45, 7) is 1.65. The maximum atomic E-state index is 12.8. The van der Waals surface area contributed by atoms with Crippen molar-refractivity contribution in [2.45, 2.75) is 38.1 Å². The van der Waals surface area contributed by atoms with Crippen LogP contribution < -0.4 is 10.1 Å². The molecular weight excluding hydrogens is 438 g/mol. The van der Waals surface area contributed by atoms with Crippen LogP contribution in [0.2, 0.25) is 5.02 Å². The fourth-order valence-corrected chi connectivity index (χ4v) is 3.92. The SMILES string of the molecule is CC1CCC2(CC1)NC(=O)N(CC(=O)OCC(=O)N(C)CCOc1ccc(Cl)cc1)C2=O. The number of nitrogens with one attached hydrogen (secondary N) is 1. The molecule has 4 amide bonds. The Labute approximate surface area is 192 Å². The number of halogens is 1. The van der Waals surface area contributed by atoms with Gasteiger partial charge >= 0.3 is 12.0 Å². The third-order valence-electron chi connectivity index (χ3n) is 5.95. The first-order valence-electron chi connectivity index (χ1n) is 10.6. The Balaban J connectivity index is 1.40. The molecule has 2 fully saturated rings. The molecular formula is C22H28ClN3O6. The van der Waals surface area contributed by atoms with Crippen molar-refractivity contribution in [1.82, 2.24) is 15.1 Å². The van der Waals surface area contributed by atoms with E-state index in [4.69, 9.17) is 21.1 Å². The summed E-state index contributed by atoms with van der Waals surface area (Å²) in [5, 5.41) is 3.35. The van der Waals surface area contributed by atoms with Gasteiger partial charge in [-0.2, -0.15) is 0 Å². The van der Waals surface area contributed by atoms with Crippen LogP contribution in [-0.4, -0.2) is 72.5 Å². The van der Waals surface area contributed by atoms with Gasteiger partial charge in [0.05, 0.1) is 6.54 Å². The number of carbonyl (C=O) groups is 4. The van der Waals surface area contributed by atoms with Gasteiger partial charge in [-0.05, 0) is 55.9 Å². The molecule has 0 unspecified atom stereocenters. The van der Waals surface area contributed by atoms with Gasteiger partial charge in [0.25, 0.3) is 11.8 Å². The van der Waals surface area contributed by atoms with Crippen LogP contribution in [0.5, 0.6) is 5.75 Å². The van der Waals surface area contributed by atoms with E-state index in [0.29, 0.717) is 29.5 Å². The lowest BCUT2D eigenvalue weighted by atomic mass is 9.77. The highest BCUT2D eigenvalue weighted by molar-refractivity contribution is 6.30. The van der Waals surface area contributed by atoms with Crippen molar-refractivity contribution in [3.8, 4) is 5.75 Å². The molecule has 1 heterocycles. The van der Waals surface area contributed by atoms with E-state index < -0.39 is 42.5 Å². The van der Waals surface area contributed by atoms with Crippen LogP contribution >= 0.6 is 11.6 Å². The lowest BCUT2D eigenvalue weighted by Crippen LogP contribution is -2.49. The number of esters is 1. The molecule has 2 aliphatic rings. The summed E-state index contributed by atoms with van der Waals surface area (Å²) in [6.07, 6.45) is 2.80. The Hall–Kier alpha value is -2.81. The molecule has 10 heteroatoms. The van der Waals surface area contributed by atoms with Gasteiger partial charge in [-0.15, -0.1) is 0 Å². The van der Waals surface area contributed by atoms with Gasteiger partial charge in [0.2, 0.25) is 0 Å². The smallest absolute Gasteiger partial charge is 0.326 e. The molecule has 1 aromatic carbocycles. The van der Waals surface area contributed by atoms with Gasteiger partial charge in [-0.1, -0.05) is 18.5 Å². The van der Waals surface area contributed by atoms with Crippen molar-refractivity contribution in [2.24, 2.45) is 5.92 Å². The van der Waals surface area contributed by atoms with Crippen molar-refractivity contribution in [3.05, 3.63) is 29.3 Å². The average molecular weight is 466 g/mol. The Kier molecular flexibility index (Phi) is 7.60. The average Bonchev–Trinajstić information content (AvgIpc) is 2.99. The summed E-state index contributed by atoms with van der Waals surface area (Å²) in [4.78, 5) is 51.6. The molecule has 1 aromatic rings. The van der Waals surface area contributed by atoms with E-state index in [2.05, 4.69) is 12.2 Å². The number of nitrogens with zero attached hydrogens (tertiary/aromatic N) is 2. The first kappa shape index (κ1) is 23.8.